The first kappa shape index (κ1) is 11.8. The molecule has 0 spiro atoms. The van der Waals surface area contributed by atoms with Crippen LogP contribution in [0.1, 0.15) is 16.8 Å². The SMILES string of the molecule is O=Cc1cc[n+](CCCS(=O)(=O)[O-])cc1. The molecule has 0 radical (unpaired) electrons. The molecule has 1 heterocycles. The van der Waals surface area contributed by atoms with E-state index in [2.05, 4.69) is 0 Å². The maximum absolute atomic E-state index is 10.3. The highest BCUT2D eigenvalue weighted by atomic mass is 32.2. The first-order valence-corrected chi connectivity index (χ1v) is 5.97. The van der Waals surface area contributed by atoms with Crippen molar-refractivity contribution in [2.45, 2.75) is 13.0 Å². The van der Waals surface area contributed by atoms with E-state index in [1.54, 1.807) is 29.1 Å². The van der Waals surface area contributed by atoms with Gasteiger partial charge in [-0.05, 0) is 0 Å². The molecule has 0 saturated heterocycles. The Morgan fingerprint density at radius 1 is 1.33 bits per heavy atom. The lowest BCUT2D eigenvalue weighted by Gasteiger charge is -2.03. The van der Waals surface area contributed by atoms with Gasteiger partial charge in [-0.2, -0.15) is 0 Å². The molecule has 82 valence electrons. The Hall–Kier alpha value is -1.27. The molecule has 5 nitrogen and oxygen atoms in total. The van der Waals surface area contributed by atoms with E-state index in [1.165, 1.54) is 0 Å². The van der Waals surface area contributed by atoms with E-state index < -0.39 is 10.1 Å². The van der Waals surface area contributed by atoms with E-state index in [4.69, 9.17) is 0 Å². The van der Waals surface area contributed by atoms with Gasteiger partial charge in [-0.1, -0.05) is 0 Å². The molecule has 0 fully saturated rings. The Kier molecular flexibility index (Phi) is 3.93. The van der Waals surface area contributed by atoms with Crippen LogP contribution in [0.15, 0.2) is 24.5 Å². The van der Waals surface area contributed by atoms with Crippen molar-refractivity contribution in [3.63, 3.8) is 0 Å². The van der Waals surface area contributed by atoms with Crippen LogP contribution in [0.4, 0.5) is 0 Å². The average Bonchev–Trinajstić information content (AvgIpc) is 2.17. The topological polar surface area (TPSA) is 78.1 Å². The van der Waals surface area contributed by atoms with Gasteiger partial charge in [-0.25, -0.2) is 13.0 Å². The molecular formula is C9H11NO4S. The molecule has 0 saturated carbocycles. The molecule has 0 aliphatic carbocycles. The van der Waals surface area contributed by atoms with E-state index in [9.17, 15) is 17.8 Å². The predicted octanol–water partition coefficient (Wildman–Crippen LogP) is -0.278. The summed E-state index contributed by atoms with van der Waals surface area (Å²) < 4.78 is 32.7. The van der Waals surface area contributed by atoms with Gasteiger partial charge in [0.25, 0.3) is 0 Å². The minimum Gasteiger partial charge on any atom is -0.748 e. The summed E-state index contributed by atoms with van der Waals surface area (Å²) in [6.45, 7) is 0.445. The average molecular weight is 229 g/mol. The van der Waals surface area contributed by atoms with Crippen LogP contribution in [0.25, 0.3) is 0 Å². The quantitative estimate of drug-likeness (QED) is 0.395. The van der Waals surface area contributed by atoms with Crippen molar-refractivity contribution in [3.05, 3.63) is 30.1 Å². The van der Waals surface area contributed by atoms with Crippen molar-refractivity contribution in [2.24, 2.45) is 0 Å². The van der Waals surface area contributed by atoms with Gasteiger partial charge in [0.15, 0.2) is 18.7 Å². The van der Waals surface area contributed by atoms with Gasteiger partial charge in [0, 0.05) is 29.9 Å². The van der Waals surface area contributed by atoms with Crippen LogP contribution in [-0.2, 0) is 16.7 Å². The largest absolute Gasteiger partial charge is 0.748 e. The van der Waals surface area contributed by atoms with Crippen LogP contribution in [0.2, 0.25) is 0 Å². The number of pyridine rings is 1. The molecule has 0 aliphatic heterocycles. The monoisotopic (exact) mass is 229 g/mol. The van der Waals surface area contributed by atoms with Crippen molar-refractivity contribution >= 4 is 16.4 Å². The number of carbonyl (C=O) groups excluding carboxylic acids is 1. The van der Waals surface area contributed by atoms with Gasteiger partial charge in [-0.3, -0.25) is 4.79 Å². The third-order valence-electron chi connectivity index (χ3n) is 1.86. The van der Waals surface area contributed by atoms with E-state index in [-0.39, 0.29) is 12.2 Å². The summed E-state index contributed by atoms with van der Waals surface area (Å²) in [4.78, 5) is 10.3. The molecular weight excluding hydrogens is 218 g/mol. The maximum Gasteiger partial charge on any atom is 0.169 e. The zero-order valence-electron chi connectivity index (χ0n) is 8.00. The van der Waals surface area contributed by atoms with E-state index in [0.717, 1.165) is 6.29 Å². The number of aryl methyl sites for hydroxylation is 1. The molecule has 0 unspecified atom stereocenters. The second kappa shape index (κ2) is 4.99. The molecule has 0 aromatic carbocycles. The Labute approximate surface area is 88.1 Å². The first-order chi connectivity index (χ1) is 7.01. The van der Waals surface area contributed by atoms with E-state index in [1.807, 2.05) is 0 Å². The van der Waals surface area contributed by atoms with Crippen LogP contribution in [0, 0.1) is 0 Å². The molecule has 1 aromatic heterocycles. The molecule has 0 aliphatic rings. The van der Waals surface area contributed by atoms with Crippen LogP contribution in [-0.4, -0.2) is 25.0 Å². The third-order valence-corrected chi connectivity index (χ3v) is 2.65. The van der Waals surface area contributed by atoms with E-state index >= 15 is 0 Å². The standard InChI is InChI=1S/C9H11NO4S/c11-8-9-2-5-10(6-3-9)4-1-7-15(12,13)14/h2-3,5-6,8H,1,4,7H2. The van der Waals surface area contributed by atoms with Crippen molar-refractivity contribution in [2.75, 3.05) is 5.75 Å². The molecule has 0 N–H and O–H groups in total. The molecule has 1 rings (SSSR count). The summed E-state index contributed by atoms with van der Waals surface area (Å²) in [5.41, 5.74) is 0.558. The van der Waals surface area contributed by atoms with Gasteiger partial charge < -0.3 is 4.55 Å². The van der Waals surface area contributed by atoms with Crippen LogP contribution < -0.4 is 4.57 Å². The van der Waals surface area contributed by atoms with Crippen molar-refractivity contribution in [3.8, 4) is 0 Å². The van der Waals surface area contributed by atoms with Crippen molar-refractivity contribution in [1.82, 2.24) is 0 Å². The highest BCUT2D eigenvalue weighted by molar-refractivity contribution is 7.85. The third kappa shape index (κ3) is 4.66. The van der Waals surface area contributed by atoms with Crippen molar-refractivity contribution < 1.29 is 22.3 Å². The van der Waals surface area contributed by atoms with E-state index in [0.29, 0.717) is 12.1 Å². The first-order valence-electron chi connectivity index (χ1n) is 4.39. The van der Waals surface area contributed by atoms with Gasteiger partial charge in [0.1, 0.15) is 6.54 Å². The fourth-order valence-corrected chi connectivity index (χ4v) is 1.60. The highest BCUT2D eigenvalue weighted by Crippen LogP contribution is 1.91. The number of hydrogen-bond donors (Lipinski definition) is 0. The molecule has 0 amide bonds. The number of nitrogens with zero attached hydrogens (tertiary/aromatic N) is 1. The second-order valence-corrected chi connectivity index (χ2v) is 4.63. The van der Waals surface area contributed by atoms with Crippen LogP contribution in [0.5, 0.6) is 0 Å². The number of carbonyl (C=O) groups is 1. The van der Waals surface area contributed by atoms with Crippen LogP contribution >= 0.6 is 0 Å². The lowest BCUT2D eigenvalue weighted by atomic mass is 10.3. The normalized spacial score (nSPS) is 11.3. The zero-order chi connectivity index (χ0) is 11.3. The van der Waals surface area contributed by atoms with Crippen molar-refractivity contribution in [1.29, 1.82) is 0 Å². The Morgan fingerprint density at radius 3 is 2.40 bits per heavy atom. The van der Waals surface area contributed by atoms with Gasteiger partial charge >= 0.3 is 0 Å². The number of hydrogen-bond acceptors (Lipinski definition) is 4. The molecule has 15 heavy (non-hydrogen) atoms. The van der Waals surface area contributed by atoms with Crippen LogP contribution in [0.3, 0.4) is 0 Å². The number of aldehydes is 1. The lowest BCUT2D eigenvalue weighted by Crippen LogP contribution is -2.33. The summed E-state index contributed by atoms with van der Waals surface area (Å²) in [5, 5.41) is 0. The maximum atomic E-state index is 10.3. The Bertz CT molecular complexity index is 424. The fraction of sp³-hybridized carbons (Fsp3) is 0.333. The minimum atomic E-state index is -4.13. The number of rotatable bonds is 5. The van der Waals surface area contributed by atoms with Gasteiger partial charge in [-0.15, -0.1) is 0 Å². The minimum absolute atomic E-state index is 0.275. The summed E-state index contributed by atoms with van der Waals surface area (Å²) >= 11 is 0. The summed E-state index contributed by atoms with van der Waals surface area (Å²) in [5.74, 6) is -0.366. The Morgan fingerprint density at radius 2 is 1.93 bits per heavy atom. The molecule has 1 aromatic rings. The zero-order valence-corrected chi connectivity index (χ0v) is 8.81. The number of aromatic nitrogens is 1. The second-order valence-electron chi connectivity index (χ2n) is 3.10. The Balaban J connectivity index is 2.48. The lowest BCUT2D eigenvalue weighted by molar-refractivity contribution is -0.696. The molecule has 0 atom stereocenters. The summed E-state index contributed by atoms with van der Waals surface area (Å²) in [7, 11) is -4.13. The highest BCUT2D eigenvalue weighted by Gasteiger charge is 2.02. The van der Waals surface area contributed by atoms with Gasteiger partial charge in [0.05, 0.1) is 10.1 Å². The predicted molar refractivity (Wildman–Crippen MR) is 51.2 cm³/mol. The molecule has 6 heteroatoms. The molecule has 0 bridgehead atoms. The summed E-state index contributed by atoms with van der Waals surface area (Å²) in [6, 6.07) is 3.25. The summed E-state index contributed by atoms with van der Waals surface area (Å²) in [6.07, 6.45) is 4.34. The smallest absolute Gasteiger partial charge is 0.169 e. The fourth-order valence-electron chi connectivity index (χ4n) is 1.12. The van der Waals surface area contributed by atoms with Gasteiger partial charge in [0.2, 0.25) is 0 Å².